The van der Waals surface area contributed by atoms with Crippen molar-refractivity contribution in [2.24, 2.45) is 11.8 Å². The monoisotopic (exact) mass is 416 g/mol. The van der Waals surface area contributed by atoms with E-state index < -0.39 is 47.0 Å². The molecule has 2 saturated heterocycles. The Hall–Kier alpha value is -2.77. The van der Waals surface area contributed by atoms with Gasteiger partial charge in [-0.25, -0.2) is 4.39 Å². The highest BCUT2D eigenvalue weighted by Crippen LogP contribution is 2.48. The van der Waals surface area contributed by atoms with E-state index in [4.69, 9.17) is 11.6 Å². The van der Waals surface area contributed by atoms with Crippen LogP contribution < -0.4 is 5.32 Å². The lowest BCUT2D eigenvalue weighted by atomic mass is 9.80. The number of rotatable bonds is 4. The van der Waals surface area contributed by atoms with E-state index in [2.05, 4.69) is 5.32 Å². The Kier molecular flexibility index (Phi) is 4.67. The highest BCUT2D eigenvalue weighted by atomic mass is 35.5. The fraction of sp³-hybridized carbons (Fsp3) is 0.286. The Balaban J connectivity index is 1.68. The molecule has 4 rings (SSSR count). The molecule has 29 heavy (non-hydrogen) atoms. The van der Waals surface area contributed by atoms with Crippen LogP contribution in [0, 0.1) is 17.7 Å². The van der Waals surface area contributed by atoms with Crippen LogP contribution in [0.25, 0.3) is 0 Å². The number of carbonyl (C=O) groups is 3. The molecule has 2 aromatic rings. The minimum atomic E-state index is -1.34. The fourth-order valence-corrected chi connectivity index (χ4v) is 4.49. The Morgan fingerprint density at radius 2 is 1.79 bits per heavy atom. The number of carboxylic acids is 1. The van der Waals surface area contributed by atoms with E-state index >= 15 is 0 Å². The standard InChI is InChI=1S/C21H18ClFN2O4/c1-21-16(15(19(27)28)17(24-21)12-4-6-13(22)7-5-12)18(26)25(20(21)29)10-11-2-8-14(23)9-3-11/h2-9,15-17,24H,10H2,1H3,(H,27,28)/t15-,16-,17-,21-/m0/s1. The molecule has 0 bridgehead atoms. The van der Waals surface area contributed by atoms with E-state index in [1.165, 1.54) is 24.3 Å². The smallest absolute Gasteiger partial charge is 0.309 e. The van der Waals surface area contributed by atoms with Gasteiger partial charge in [-0.15, -0.1) is 0 Å². The first-order valence-electron chi connectivity index (χ1n) is 9.08. The first kappa shape index (κ1) is 19.5. The number of likely N-dealkylation sites (tertiary alicyclic amines) is 1. The van der Waals surface area contributed by atoms with Crippen molar-refractivity contribution < 1.29 is 23.9 Å². The number of hydrogen-bond acceptors (Lipinski definition) is 4. The van der Waals surface area contributed by atoms with Gasteiger partial charge in [-0.3, -0.25) is 24.6 Å². The molecule has 2 amide bonds. The quantitative estimate of drug-likeness (QED) is 0.748. The Labute approximate surface area is 171 Å². The van der Waals surface area contributed by atoms with Crippen molar-refractivity contribution in [2.45, 2.75) is 25.0 Å². The van der Waals surface area contributed by atoms with Crippen molar-refractivity contribution in [3.63, 3.8) is 0 Å². The number of imide groups is 1. The van der Waals surface area contributed by atoms with Gasteiger partial charge in [0, 0.05) is 11.1 Å². The minimum Gasteiger partial charge on any atom is -0.481 e. The lowest BCUT2D eigenvalue weighted by Gasteiger charge is -2.24. The molecule has 2 aromatic carbocycles. The van der Waals surface area contributed by atoms with Gasteiger partial charge in [0.15, 0.2) is 0 Å². The van der Waals surface area contributed by atoms with Gasteiger partial charge in [-0.2, -0.15) is 0 Å². The number of hydrogen-bond donors (Lipinski definition) is 2. The van der Waals surface area contributed by atoms with Crippen LogP contribution in [0.1, 0.15) is 24.1 Å². The zero-order chi connectivity index (χ0) is 20.9. The largest absolute Gasteiger partial charge is 0.481 e. The lowest BCUT2D eigenvalue weighted by molar-refractivity contribution is -0.149. The number of aliphatic carboxylic acids is 1. The van der Waals surface area contributed by atoms with E-state index in [0.717, 1.165) is 4.90 Å². The summed E-state index contributed by atoms with van der Waals surface area (Å²) in [5.41, 5.74) is -0.120. The summed E-state index contributed by atoms with van der Waals surface area (Å²) in [7, 11) is 0. The molecule has 0 aromatic heterocycles. The van der Waals surface area contributed by atoms with E-state index in [0.29, 0.717) is 16.1 Å². The number of carboxylic acid groups (broad SMARTS) is 1. The molecule has 2 aliphatic heterocycles. The van der Waals surface area contributed by atoms with Crippen LogP contribution in [0.2, 0.25) is 5.02 Å². The third kappa shape index (κ3) is 3.10. The van der Waals surface area contributed by atoms with Gasteiger partial charge in [-0.1, -0.05) is 35.9 Å². The number of nitrogens with one attached hydrogen (secondary N) is 1. The molecule has 0 spiro atoms. The summed E-state index contributed by atoms with van der Waals surface area (Å²) in [5, 5.41) is 13.5. The number of benzene rings is 2. The zero-order valence-electron chi connectivity index (χ0n) is 15.4. The van der Waals surface area contributed by atoms with Crippen molar-refractivity contribution in [2.75, 3.05) is 0 Å². The maximum atomic E-state index is 13.1. The summed E-state index contributed by atoms with van der Waals surface area (Å²) in [4.78, 5) is 39.4. The average Bonchev–Trinajstić information content (AvgIpc) is 3.09. The van der Waals surface area contributed by atoms with Crippen LogP contribution in [0.4, 0.5) is 4.39 Å². The second kappa shape index (κ2) is 6.93. The molecule has 2 N–H and O–H groups in total. The van der Waals surface area contributed by atoms with Gasteiger partial charge >= 0.3 is 5.97 Å². The van der Waals surface area contributed by atoms with Gasteiger partial charge in [0.1, 0.15) is 11.4 Å². The Morgan fingerprint density at radius 1 is 1.17 bits per heavy atom. The minimum absolute atomic E-state index is 0.0380. The predicted octanol–water partition coefficient (Wildman–Crippen LogP) is 2.77. The molecule has 0 unspecified atom stereocenters. The highest BCUT2D eigenvalue weighted by Gasteiger charge is 2.67. The second-order valence-corrected chi connectivity index (χ2v) is 8.01. The third-order valence-electron chi connectivity index (χ3n) is 5.79. The van der Waals surface area contributed by atoms with Crippen molar-refractivity contribution >= 4 is 29.4 Å². The van der Waals surface area contributed by atoms with Crippen LogP contribution in [0.5, 0.6) is 0 Å². The predicted molar refractivity (Wildman–Crippen MR) is 102 cm³/mol. The van der Waals surface area contributed by atoms with E-state index in [9.17, 15) is 23.9 Å². The zero-order valence-corrected chi connectivity index (χ0v) is 16.2. The molecule has 0 radical (unpaired) electrons. The maximum absolute atomic E-state index is 13.1. The van der Waals surface area contributed by atoms with E-state index in [-0.39, 0.29) is 6.54 Å². The molecule has 2 heterocycles. The molecular formula is C21H18ClFN2O4. The van der Waals surface area contributed by atoms with Crippen LogP contribution >= 0.6 is 11.6 Å². The first-order valence-corrected chi connectivity index (χ1v) is 9.46. The van der Waals surface area contributed by atoms with Gasteiger partial charge in [-0.05, 0) is 42.3 Å². The van der Waals surface area contributed by atoms with Crippen LogP contribution in [0.3, 0.4) is 0 Å². The van der Waals surface area contributed by atoms with Crippen molar-refractivity contribution in [3.8, 4) is 0 Å². The molecular weight excluding hydrogens is 399 g/mol. The lowest BCUT2D eigenvalue weighted by Crippen LogP contribution is -2.48. The molecule has 2 aliphatic rings. The molecule has 6 nitrogen and oxygen atoms in total. The summed E-state index contributed by atoms with van der Waals surface area (Å²) < 4.78 is 13.1. The normalized spacial score (nSPS) is 28.7. The first-order chi connectivity index (χ1) is 13.7. The highest BCUT2D eigenvalue weighted by molar-refractivity contribution is 6.30. The summed E-state index contributed by atoms with van der Waals surface area (Å²) in [6.45, 7) is 1.53. The third-order valence-corrected chi connectivity index (χ3v) is 6.04. The van der Waals surface area contributed by atoms with Crippen LogP contribution in [-0.4, -0.2) is 33.3 Å². The fourth-order valence-electron chi connectivity index (χ4n) is 4.37. The van der Waals surface area contributed by atoms with E-state index in [1.807, 2.05) is 0 Å². The second-order valence-electron chi connectivity index (χ2n) is 7.57. The summed E-state index contributed by atoms with van der Waals surface area (Å²) in [5.74, 6) is -4.77. The average molecular weight is 417 g/mol. The summed E-state index contributed by atoms with van der Waals surface area (Å²) in [6, 6.07) is 11.4. The Bertz CT molecular complexity index is 995. The van der Waals surface area contributed by atoms with E-state index in [1.54, 1.807) is 31.2 Å². The molecule has 2 fully saturated rings. The van der Waals surface area contributed by atoms with Gasteiger partial charge in [0.2, 0.25) is 11.8 Å². The van der Waals surface area contributed by atoms with Gasteiger partial charge in [0.05, 0.1) is 18.4 Å². The molecule has 0 saturated carbocycles. The SMILES string of the molecule is C[C@]12N[C@@H](c3ccc(Cl)cc3)[C@@H](C(=O)O)[C@H]1C(=O)N(Cc1ccc(F)cc1)C2=O. The maximum Gasteiger partial charge on any atom is 0.309 e. The molecule has 150 valence electrons. The van der Waals surface area contributed by atoms with Gasteiger partial charge in [0.25, 0.3) is 0 Å². The number of fused-ring (bicyclic) bond motifs is 1. The Morgan fingerprint density at radius 3 is 2.38 bits per heavy atom. The molecule has 4 atom stereocenters. The summed E-state index contributed by atoms with van der Waals surface area (Å²) >= 11 is 5.92. The van der Waals surface area contributed by atoms with Gasteiger partial charge < -0.3 is 5.11 Å². The number of amides is 2. The number of halogens is 2. The topological polar surface area (TPSA) is 86.7 Å². The molecule has 8 heteroatoms. The van der Waals surface area contributed by atoms with Crippen LogP contribution in [-0.2, 0) is 20.9 Å². The molecule has 0 aliphatic carbocycles. The van der Waals surface area contributed by atoms with Crippen molar-refractivity contribution in [1.82, 2.24) is 10.2 Å². The number of carbonyl (C=O) groups excluding carboxylic acids is 2. The van der Waals surface area contributed by atoms with Crippen molar-refractivity contribution in [3.05, 3.63) is 70.5 Å². The van der Waals surface area contributed by atoms with Crippen LogP contribution in [0.15, 0.2) is 48.5 Å². The summed E-state index contributed by atoms with van der Waals surface area (Å²) in [6.07, 6.45) is 0. The number of nitrogens with zero attached hydrogens (tertiary/aromatic N) is 1. The van der Waals surface area contributed by atoms with Crippen molar-refractivity contribution in [1.29, 1.82) is 0 Å².